The standard InChI is InChI=1S/C18H18Cl2O4.Na/c1-18(8-4-2-3-5-8)7-10-9-6-11(17(22)23)24-15(9)14(20)13(19)12(10)16(18)21;/h8,11H,2-7H2,1H3,(H,22,23);/q;+1/p-1. The number of Topliss-reactive ketones (excluding diaryl/α,β-unsaturated/α-hetero) is 1. The summed E-state index contributed by atoms with van der Waals surface area (Å²) in [5.74, 6) is -0.605. The molecule has 1 heterocycles. The Morgan fingerprint density at radius 1 is 1.20 bits per heavy atom. The van der Waals surface area contributed by atoms with Gasteiger partial charge in [0.15, 0.2) is 5.78 Å². The molecule has 0 saturated heterocycles. The first-order valence-electron chi connectivity index (χ1n) is 8.29. The van der Waals surface area contributed by atoms with Crippen molar-refractivity contribution >= 4 is 35.0 Å². The minimum Gasteiger partial charge on any atom is -0.546 e. The fourth-order valence-electron chi connectivity index (χ4n) is 4.66. The van der Waals surface area contributed by atoms with Crippen molar-refractivity contribution in [3.05, 3.63) is 26.7 Å². The number of carboxylic acid groups (broad SMARTS) is 1. The van der Waals surface area contributed by atoms with Crippen molar-refractivity contribution in [1.29, 1.82) is 0 Å². The molecule has 1 saturated carbocycles. The van der Waals surface area contributed by atoms with Gasteiger partial charge in [-0.15, -0.1) is 0 Å². The molecule has 0 amide bonds. The molecule has 1 aromatic rings. The van der Waals surface area contributed by atoms with Gasteiger partial charge in [0.1, 0.15) is 16.9 Å². The van der Waals surface area contributed by atoms with Crippen LogP contribution >= 0.6 is 23.2 Å². The number of carbonyl (C=O) groups excluding carboxylic acids is 2. The molecule has 128 valence electrons. The van der Waals surface area contributed by atoms with Crippen LogP contribution < -0.4 is 39.4 Å². The first-order chi connectivity index (χ1) is 11.3. The van der Waals surface area contributed by atoms with E-state index in [-0.39, 0.29) is 51.8 Å². The summed E-state index contributed by atoms with van der Waals surface area (Å²) < 4.78 is 5.44. The van der Waals surface area contributed by atoms with Crippen molar-refractivity contribution in [1.82, 2.24) is 0 Å². The predicted octanol–water partition coefficient (Wildman–Crippen LogP) is -0.0139. The maximum Gasteiger partial charge on any atom is 1.00 e. The zero-order valence-electron chi connectivity index (χ0n) is 14.3. The minimum absolute atomic E-state index is 0. The molecule has 2 unspecified atom stereocenters. The van der Waals surface area contributed by atoms with Crippen molar-refractivity contribution in [2.75, 3.05) is 0 Å². The van der Waals surface area contributed by atoms with Gasteiger partial charge in [-0.25, -0.2) is 0 Å². The molecule has 0 bridgehead atoms. The number of aliphatic carboxylic acids is 1. The van der Waals surface area contributed by atoms with Crippen molar-refractivity contribution in [3.63, 3.8) is 0 Å². The summed E-state index contributed by atoms with van der Waals surface area (Å²) >= 11 is 12.7. The van der Waals surface area contributed by atoms with Crippen LogP contribution in [0.25, 0.3) is 0 Å². The summed E-state index contributed by atoms with van der Waals surface area (Å²) in [6, 6.07) is 0. The average molecular weight is 391 g/mol. The van der Waals surface area contributed by atoms with Gasteiger partial charge in [0, 0.05) is 23.0 Å². The predicted molar refractivity (Wildman–Crippen MR) is 87.7 cm³/mol. The Labute approximate surface area is 178 Å². The molecule has 0 aromatic heterocycles. The van der Waals surface area contributed by atoms with E-state index in [1.807, 2.05) is 6.92 Å². The molecule has 0 spiro atoms. The summed E-state index contributed by atoms with van der Waals surface area (Å²) in [4.78, 5) is 24.4. The van der Waals surface area contributed by atoms with Crippen molar-refractivity contribution in [2.45, 2.75) is 51.6 Å². The third-order valence-corrected chi connectivity index (χ3v) is 6.85. The van der Waals surface area contributed by atoms with E-state index in [1.54, 1.807) is 0 Å². The van der Waals surface area contributed by atoms with Gasteiger partial charge in [0.05, 0.1) is 11.0 Å². The second-order valence-corrected chi connectivity index (χ2v) is 8.08. The largest absolute Gasteiger partial charge is 1.00 e. The van der Waals surface area contributed by atoms with Gasteiger partial charge in [0.2, 0.25) is 0 Å². The van der Waals surface area contributed by atoms with Crippen molar-refractivity contribution in [2.24, 2.45) is 11.3 Å². The molecule has 4 rings (SSSR count). The van der Waals surface area contributed by atoms with Crippen molar-refractivity contribution < 1.29 is 49.0 Å². The third kappa shape index (κ3) is 2.76. The normalized spacial score (nSPS) is 27.6. The maximum absolute atomic E-state index is 13.2. The third-order valence-electron chi connectivity index (χ3n) is 6.01. The minimum atomic E-state index is -1.28. The van der Waals surface area contributed by atoms with Crippen LogP contribution in [-0.2, 0) is 17.6 Å². The number of carboxylic acids is 1. The number of hydrogen-bond donors (Lipinski definition) is 0. The Bertz CT molecular complexity index is 773. The second kappa shape index (κ2) is 6.72. The van der Waals surface area contributed by atoms with E-state index in [0.29, 0.717) is 29.2 Å². The van der Waals surface area contributed by atoms with E-state index in [2.05, 4.69) is 0 Å². The maximum atomic E-state index is 13.2. The second-order valence-electron chi connectivity index (χ2n) is 7.32. The molecule has 2 atom stereocenters. The molecule has 25 heavy (non-hydrogen) atoms. The zero-order chi connectivity index (χ0) is 17.2. The van der Waals surface area contributed by atoms with E-state index >= 15 is 0 Å². The molecular weight excluding hydrogens is 374 g/mol. The molecule has 3 aliphatic rings. The quantitative estimate of drug-likeness (QED) is 0.666. The number of rotatable bonds is 2. The summed E-state index contributed by atoms with van der Waals surface area (Å²) in [6.07, 6.45) is 4.05. The Kier molecular flexibility index (Phi) is 5.24. The average Bonchev–Trinajstić information content (AvgIpc) is 3.24. The van der Waals surface area contributed by atoms with Crippen LogP contribution in [0.15, 0.2) is 0 Å². The van der Waals surface area contributed by atoms with Gasteiger partial charge in [-0.3, -0.25) is 4.79 Å². The first kappa shape index (κ1) is 19.5. The van der Waals surface area contributed by atoms with E-state index in [0.717, 1.165) is 31.2 Å². The Hall–Kier alpha value is -0.260. The number of ether oxygens (including phenoxy) is 1. The van der Waals surface area contributed by atoms with Crippen LogP contribution in [-0.4, -0.2) is 17.9 Å². The van der Waals surface area contributed by atoms with Crippen LogP contribution in [0.1, 0.15) is 54.1 Å². The van der Waals surface area contributed by atoms with E-state index in [9.17, 15) is 14.7 Å². The SMILES string of the molecule is CC1(C2CCCC2)Cc2c3c(c(Cl)c(Cl)c2C1=O)OC(C(=O)[O-])C3.[Na+]. The molecule has 2 aliphatic carbocycles. The monoisotopic (exact) mass is 390 g/mol. The van der Waals surface area contributed by atoms with Crippen LogP contribution in [0.2, 0.25) is 10.0 Å². The van der Waals surface area contributed by atoms with Crippen molar-refractivity contribution in [3.8, 4) is 5.75 Å². The van der Waals surface area contributed by atoms with Crippen LogP contribution in [0, 0.1) is 11.3 Å². The van der Waals surface area contributed by atoms with Gasteiger partial charge in [-0.2, -0.15) is 0 Å². The number of ketones is 1. The van der Waals surface area contributed by atoms with Crippen LogP contribution in [0.5, 0.6) is 5.75 Å². The number of halogens is 2. The summed E-state index contributed by atoms with van der Waals surface area (Å²) in [5.41, 5.74) is 1.52. The number of hydrogen-bond acceptors (Lipinski definition) is 4. The van der Waals surface area contributed by atoms with Gasteiger partial charge < -0.3 is 14.6 Å². The molecule has 0 N–H and O–H groups in total. The molecule has 7 heteroatoms. The van der Waals surface area contributed by atoms with E-state index in [4.69, 9.17) is 27.9 Å². The van der Waals surface area contributed by atoms with Gasteiger partial charge in [-0.05, 0) is 30.7 Å². The molecule has 1 fully saturated rings. The summed E-state index contributed by atoms with van der Waals surface area (Å²) in [6.45, 7) is 2.01. The topological polar surface area (TPSA) is 66.4 Å². The molecule has 4 nitrogen and oxygen atoms in total. The Morgan fingerprint density at radius 3 is 2.44 bits per heavy atom. The number of fused-ring (bicyclic) bond motifs is 3. The Morgan fingerprint density at radius 2 is 1.84 bits per heavy atom. The van der Waals surface area contributed by atoms with Gasteiger partial charge in [0.25, 0.3) is 0 Å². The molecule has 0 radical (unpaired) electrons. The molecular formula is C18H17Cl2NaO4. The fourth-order valence-corrected chi connectivity index (χ4v) is 5.20. The molecule has 1 aliphatic heterocycles. The fraction of sp³-hybridized carbons (Fsp3) is 0.556. The smallest absolute Gasteiger partial charge is 0.546 e. The summed E-state index contributed by atoms with van der Waals surface area (Å²) in [7, 11) is 0. The van der Waals surface area contributed by atoms with E-state index < -0.39 is 17.5 Å². The Balaban J connectivity index is 0.00000182. The first-order valence-corrected chi connectivity index (χ1v) is 9.05. The zero-order valence-corrected chi connectivity index (χ0v) is 17.8. The van der Waals surface area contributed by atoms with Crippen LogP contribution in [0.3, 0.4) is 0 Å². The van der Waals surface area contributed by atoms with Gasteiger partial charge >= 0.3 is 29.6 Å². The summed E-state index contributed by atoms with van der Waals surface area (Å²) in [5, 5.41) is 11.5. The van der Waals surface area contributed by atoms with Gasteiger partial charge in [-0.1, -0.05) is 43.0 Å². The van der Waals surface area contributed by atoms with Crippen LogP contribution in [0.4, 0.5) is 0 Å². The number of carbonyl (C=O) groups is 2. The van der Waals surface area contributed by atoms with E-state index in [1.165, 1.54) is 0 Å². The molecule has 1 aromatic carbocycles. The number of benzene rings is 1.